The Morgan fingerprint density at radius 1 is 1.05 bits per heavy atom. The smallest absolute Gasteiger partial charge is 0.132 e. The highest BCUT2D eigenvalue weighted by atomic mass is 32.2. The molecule has 0 aliphatic carbocycles. The quantitative estimate of drug-likeness (QED) is 0.380. The van der Waals surface area contributed by atoms with Gasteiger partial charge in [-0.2, -0.15) is 13.3 Å². The van der Waals surface area contributed by atoms with Crippen molar-refractivity contribution in [3.8, 4) is 0 Å². The van der Waals surface area contributed by atoms with Gasteiger partial charge in [0.25, 0.3) is 0 Å². The summed E-state index contributed by atoms with van der Waals surface area (Å²) in [7, 11) is 0. The maximum atomic E-state index is 9.82. The van der Waals surface area contributed by atoms with Gasteiger partial charge in [-0.3, -0.25) is 0 Å². The molecule has 0 bridgehead atoms. The molecule has 1 aliphatic heterocycles. The molecule has 0 unspecified atom stereocenters. The molecule has 1 fully saturated rings. The maximum Gasteiger partial charge on any atom is 0.132 e. The molecule has 114 valence electrons. The van der Waals surface area contributed by atoms with E-state index in [4.69, 9.17) is 9.84 Å². The minimum absolute atomic E-state index is 0.367. The van der Waals surface area contributed by atoms with Crippen LogP contribution in [0.2, 0.25) is 0 Å². The molecule has 19 heavy (non-hydrogen) atoms. The van der Waals surface area contributed by atoms with Crippen LogP contribution in [0.5, 0.6) is 0 Å². The summed E-state index contributed by atoms with van der Waals surface area (Å²) in [4.78, 5) is 0. The predicted molar refractivity (Wildman–Crippen MR) is 74.7 cm³/mol. The first-order valence-electron chi connectivity index (χ1n) is 6.81. The average Bonchev–Trinajstić information content (AvgIpc) is 2.42. The first-order valence-corrected chi connectivity index (χ1v) is 7.86. The van der Waals surface area contributed by atoms with E-state index in [0.717, 1.165) is 31.4 Å². The zero-order valence-electron chi connectivity index (χ0n) is 11.3. The highest BCUT2D eigenvalue weighted by molar-refractivity contribution is 7.99. The summed E-state index contributed by atoms with van der Waals surface area (Å²) in [5.74, 6) is 0.826. The first kappa shape index (κ1) is 17.2. The number of ether oxygens (including phenoxy) is 1. The average molecular weight is 293 g/mol. The van der Waals surface area contributed by atoms with Crippen molar-refractivity contribution >= 4 is 11.8 Å². The molecule has 1 aliphatic rings. The molecule has 5 atom stereocenters. The molecule has 0 saturated carbocycles. The molecule has 0 aromatic rings. The standard InChI is InChI=1S/C13H25O5S/c1-2-3-4-5-6-7-19-13-12(17)11(16)10(15)9(8-14)18-13/h2,9-17H,3-8H2,1H3/q-1/t9-,10-,11+,12-,13+/m1/s1. The van der Waals surface area contributed by atoms with Crippen LogP contribution >= 0.6 is 11.8 Å². The van der Waals surface area contributed by atoms with Gasteiger partial charge in [-0.15, -0.1) is 11.8 Å². The van der Waals surface area contributed by atoms with E-state index in [1.165, 1.54) is 11.8 Å². The summed E-state index contributed by atoms with van der Waals surface area (Å²) in [5, 5.41) is 38.1. The van der Waals surface area contributed by atoms with Crippen molar-refractivity contribution < 1.29 is 25.2 Å². The number of aliphatic hydroxyl groups excluding tert-OH is 4. The van der Waals surface area contributed by atoms with Crippen molar-refractivity contribution in [3.05, 3.63) is 6.42 Å². The normalized spacial score (nSPS) is 35.5. The minimum atomic E-state index is -1.27. The van der Waals surface area contributed by atoms with E-state index in [-0.39, 0.29) is 6.61 Å². The molecule has 1 rings (SSSR count). The van der Waals surface area contributed by atoms with E-state index < -0.39 is 29.9 Å². The molecule has 1 heterocycles. The highest BCUT2D eigenvalue weighted by Gasteiger charge is 2.43. The summed E-state index contributed by atoms with van der Waals surface area (Å²) in [6.45, 7) is 1.68. The van der Waals surface area contributed by atoms with Crippen molar-refractivity contribution in [2.24, 2.45) is 0 Å². The van der Waals surface area contributed by atoms with Crippen LogP contribution in [0, 0.1) is 6.42 Å². The van der Waals surface area contributed by atoms with Crippen molar-refractivity contribution in [2.75, 3.05) is 12.4 Å². The summed E-state index contributed by atoms with van der Waals surface area (Å²) in [6, 6.07) is 0. The van der Waals surface area contributed by atoms with Crippen LogP contribution in [-0.4, -0.2) is 62.6 Å². The fourth-order valence-electron chi connectivity index (χ4n) is 2.03. The van der Waals surface area contributed by atoms with Gasteiger partial charge in [0.2, 0.25) is 0 Å². The molecule has 1 saturated heterocycles. The van der Waals surface area contributed by atoms with E-state index in [1.54, 1.807) is 0 Å². The Hall–Kier alpha value is 0.150. The number of hydrogen-bond donors (Lipinski definition) is 4. The second-order valence-electron chi connectivity index (χ2n) is 4.83. The number of thioether (sulfide) groups is 1. The number of hydrogen-bond acceptors (Lipinski definition) is 6. The maximum absolute atomic E-state index is 9.82. The van der Waals surface area contributed by atoms with E-state index in [9.17, 15) is 15.3 Å². The fraction of sp³-hybridized carbons (Fsp3) is 0.923. The molecule has 0 amide bonds. The number of rotatable bonds is 8. The van der Waals surface area contributed by atoms with Gasteiger partial charge in [-0.25, -0.2) is 0 Å². The third-order valence-corrected chi connectivity index (χ3v) is 4.51. The van der Waals surface area contributed by atoms with Gasteiger partial charge in [-0.05, 0) is 12.2 Å². The van der Waals surface area contributed by atoms with Crippen LogP contribution < -0.4 is 0 Å². The zero-order chi connectivity index (χ0) is 14.3. The van der Waals surface area contributed by atoms with Crippen molar-refractivity contribution in [1.82, 2.24) is 0 Å². The van der Waals surface area contributed by atoms with Crippen molar-refractivity contribution in [3.63, 3.8) is 0 Å². The van der Waals surface area contributed by atoms with Gasteiger partial charge >= 0.3 is 0 Å². The van der Waals surface area contributed by atoms with Crippen molar-refractivity contribution in [2.45, 2.75) is 62.5 Å². The van der Waals surface area contributed by atoms with Crippen LogP contribution in [0.25, 0.3) is 0 Å². The van der Waals surface area contributed by atoms with Crippen LogP contribution in [0.4, 0.5) is 0 Å². The lowest BCUT2D eigenvalue weighted by Crippen LogP contribution is -2.57. The summed E-state index contributed by atoms with van der Waals surface area (Å²) >= 11 is 1.42. The van der Waals surface area contributed by atoms with Gasteiger partial charge < -0.3 is 31.6 Å². The fourth-order valence-corrected chi connectivity index (χ4v) is 3.21. The first-order chi connectivity index (χ1) is 9.11. The Balaban J connectivity index is 2.28. The highest BCUT2D eigenvalue weighted by Crippen LogP contribution is 2.29. The molecule has 4 N–H and O–H groups in total. The zero-order valence-corrected chi connectivity index (χ0v) is 12.1. The molecule has 0 radical (unpaired) electrons. The lowest BCUT2D eigenvalue weighted by Gasteiger charge is -2.39. The van der Waals surface area contributed by atoms with E-state index in [1.807, 2.05) is 6.92 Å². The second-order valence-corrected chi connectivity index (χ2v) is 6.03. The Bertz CT molecular complexity index is 239. The summed E-state index contributed by atoms with van der Waals surface area (Å²) in [6.07, 6.45) is 2.11. The molecular weight excluding hydrogens is 268 g/mol. The molecular formula is C13H25O5S-. The third-order valence-electron chi connectivity index (χ3n) is 3.27. The Morgan fingerprint density at radius 2 is 1.79 bits per heavy atom. The Labute approximate surface area is 119 Å². The monoisotopic (exact) mass is 293 g/mol. The number of unbranched alkanes of at least 4 members (excludes halogenated alkanes) is 4. The third kappa shape index (κ3) is 5.21. The van der Waals surface area contributed by atoms with Gasteiger partial charge in [0.15, 0.2) is 0 Å². The van der Waals surface area contributed by atoms with Gasteiger partial charge in [0, 0.05) is 0 Å². The van der Waals surface area contributed by atoms with Gasteiger partial charge in [0.05, 0.1) is 6.61 Å². The topological polar surface area (TPSA) is 90.2 Å². The van der Waals surface area contributed by atoms with E-state index >= 15 is 0 Å². The van der Waals surface area contributed by atoms with Crippen LogP contribution in [0.15, 0.2) is 0 Å². The second kappa shape index (κ2) is 9.15. The largest absolute Gasteiger partial charge is 0.394 e. The summed E-state index contributed by atoms with van der Waals surface area (Å²) < 4.78 is 5.41. The van der Waals surface area contributed by atoms with E-state index in [2.05, 4.69) is 6.42 Å². The predicted octanol–water partition coefficient (Wildman–Crippen LogP) is 0.304. The Morgan fingerprint density at radius 3 is 2.42 bits per heavy atom. The van der Waals surface area contributed by atoms with Crippen LogP contribution in [0.3, 0.4) is 0 Å². The van der Waals surface area contributed by atoms with E-state index in [0.29, 0.717) is 0 Å². The lowest BCUT2D eigenvalue weighted by molar-refractivity contribution is -0.205. The van der Waals surface area contributed by atoms with Gasteiger partial charge in [0.1, 0.15) is 29.9 Å². The van der Waals surface area contributed by atoms with Crippen LogP contribution in [0.1, 0.15) is 32.6 Å². The van der Waals surface area contributed by atoms with Gasteiger partial charge in [-0.1, -0.05) is 12.8 Å². The molecule has 0 aromatic carbocycles. The summed E-state index contributed by atoms with van der Waals surface area (Å²) in [5.41, 5.74) is -0.590. The van der Waals surface area contributed by atoms with Crippen molar-refractivity contribution in [1.29, 1.82) is 0 Å². The molecule has 5 nitrogen and oxygen atoms in total. The molecule has 0 aromatic heterocycles. The lowest BCUT2D eigenvalue weighted by atomic mass is 10.0. The SMILES string of the molecule is C[CH-]CCCCCS[C@@H]1O[C@H](CO)[C@@H](O)[C@H](O)[C@H]1O. The van der Waals surface area contributed by atoms with Crippen LogP contribution in [-0.2, 0) is 4.74 Å². The minimum Gasteiger partial charge on any atom is -0.394 e. The number of aliphatic hydroxyl groups is 4. The Kier molecular flexibility index (Phi) is 8.29. The molecule has 0 spiro atoms. The molecule has 6 heteroatoms.